The third-order valence-electron chi connectivity index (χ3n) is 1.51. The molecule has 2 heterocycles. The number of aromatic nitrogens is 3. The summed E-state index contributed by atoms with van der Waals surface area (Å²) in [4.78, 5) is 10.9. The van der Waals surface area contributed by atoms with Crippen molar-refractivity contribution in [3.05, 3.63) is 23.1 Å². The zero-order chi connectivity index (χ0) is 8.55. The fraction of sp³-hybridized carbons (Fsp3) is 0.143. The lowest BCUT2D eigenvalue weighted by molar-refractivity contribution is 0.273. The first-order valence-corrected chi connectivity index (χ1v) is 3.79. The second kappa shape index (κ2) is 2.73. The van der Waals surface area contributed by atoms with Crippen molar-refractivity contribution >= 4 is 22.8 Å². The van der Waals surface area contributed by atoms with Crippen LogP contribution in [0.2, 0.25) is 5.15 Å². The summed E-state index contributed by atoms with van der Waals surface area (Å²) in [6.45, 7) is -0.117. The van der Waals surface area contributed by atoms with Crippen LogP contribution < -0.4 is 0 Å². The molecule has 5 heteroatoms. The fourth-order valence-corrected chi connectivity index (χ4v) is 1.14. The summed E-state index contributed by atoms with van der Waals surface area (Å²) in [5.41, 5.74) is 1.31. The Hall–Kier alpha value is -1.13. The molecule has 0 aliphatic heterocycles. The van der Waals surface area contributed by atoms with E-state index >= 15 is 0 Å². The maximum Gasteiger partial charge on any atom is 0.159 e. The minimum atomic E-state index is -0.117. The summed E-state index contributed by atoms with van der Waals surface area (Å²) in [7, 11) is 0. The number of fused-ring (bicyclic) bond motifs is 1. The van der Waals surface area contributed by atoms with Gasteiger partial charge in [-0.15, -0.1) is 0 Å². The highest BCUT2D eigenvalue weighted by atomic mass is 35.5. The van der Waals surface area contributed by atoms with Crippen molar-refractivity contribution in [3.8, 4) is 0 Å². The van der Waals surface area contributed by atoms with Crippen LogP contribution in [0.15, 0.2) is 12.1 Å². The molecule has 0 fully saturated rings. The first-order chi connectivity index (χ1) is 5.79. The molecule has 0 spiro atoms. The molecule has 0 saturated heterocycles. The van der Waals surface area contributed by atoms with Gasteiger partial charge in [-0.3, -0.25) is 0 Å². The summed E-state index contributed by atoms with van der Waals surface area (Å²) in [5.74, 6) is 0.500. The van der Waals surface area contributed by atoms with Gasteiger partial charge in [0.2, 0.25) is 0 Å². The smallest absolute Gasteiger partial charge is 0.159 e. The summed E-state index contributed by atoms with van der Waals surface area (Å²) in [5, 5.41) is 9.17. The number of aromatic amines is 1. The van der Waals surface area contributed by atoms with E-state index in [4.69, 9.17) is 16.7 Å². The molecule has 0 aliphatic rings. The number of nitrogens with one attached hydrogen (secondary N) is 1. The number of H-pyrrole nitrogens is 1. The molecule has 0 bridgehead atoms. The monoisotopic (exact) mass is 183 g/mol. The number of nitrogens with zero attached hydrogens (tertiary/aromatic N) is 2. The normalized spacial score (nSPS) is 10.8. The van der Waals surface area contributed by atoms with E-state index in [1.165, 1.54) is 0 Å². The summed E-state index contributed by atoms with van der Waals surface area (Å²) < 4.78 is 0. The highest BCUT2D eigenvalue weighted by Gasteiger charge is 2.02. The predicted octanol–water partition coefficient (Wildman–Crippen LogP) is 1.10. The van der Waals surface area contributed by atoms with Crippen molar-refractivity contribution in [2.75, 3.05) is 0 Å². The van der Waals surface area contributed by atoms with Gasteiger partial charge in [-0.2, -0.15) is 0 Å². The molecule has 0 aromatic carbocycles. The molecular weight excluding hydrogens is 178 g/mol. The fourth-order valence-electron chi connectivity index (χ4n) is 0.995. The first-order valence-electron chi connectivity index (χ1n) is 3.41. The number of pyridine rings is 1. The third kappa shape index (κ3) is 1.15. The number of halogens is 1. The second-order valence-electron chi connectivity index (χ2n) is 2.34. The Labute approximate surface area is 73.2 Å². The van der Waals surface area contributed by atoms with Gasteiger partial charge < -0.3 is 10.1 Å². The van der Waals surface area contributed by atoms with Gasteiger partial charge in [-0.1, -0.05) is 11.6 Å². The number of aliphatic hydroxyl groups is 1. The number of aliphatic hydroxyl groups excluding tert-OH is 1. The van der Waals surface area contributed by atoms with Gasteiger partial charge in [0, 0.05) is 0 Å². The zero-order valence-electron chi connectivity index (χ0n) is 6.08. The molecule has 2 rings (SSSR count). The van der Waals surface area contributed by atoms with Crippen LogP contribution in [0.5, 0.6) is 0 Å². The van der Waals surface area contributed by atoms with Gasteiger partial charge in [0.25, 0.3) is 0 Å². The van der Waals surface area contributed by atoms with Crippen molar-refractivity contribution in [3.63, 3.8) is 0 Å². The van der Waals surface area contributed by atoms with E-state index in [0.29, 0.717) is 22.1 Å². The maximum atomic E-state index is 8.75. The van der Waals surface area contributed by atoms with Gasteiger partial charge in [0.05, 0.1) is 0 Å². The molecule has 0 radical (unpaired) electrons. The molecule has 0 saturated carbocycles. The lowest BCUT2D eigenvalue weighted by Crippen LogP contribution is -1.83. The molecule has 2 aromatic rings. The van der Waals surface area contributed by atoms with Crippen LogP contribution in [0.4, 0.5) is 0 Å². The Morgan fingerprint density at radius 3 is 3.00 bits per heavy atom. The lowest BCUT2D eigenvalue weighted by Gasteiger charge is -1.86. The Kier molecular flexibility index (Phi) is 1.71. The minimum Gasteiger partial charge on any atom is -0.388 e. The molecule has 0 aliphatic carbocycles. The van der Waals surface area contributed by atoms with E-state index in [0.717, 1.165) is 0 Å². The second-order valence-corrected chi connectivity index (χ2v) is 2.73. The van der Waals surface area contributed by atoms with Gasteiger partial charge in [0.1, 0.15) is 23.1 Å². The first kappa shape index (κ1) is 7.52. The average Bonchev–Trinajstić information content (AvgIpc) is 2.46. The van der Waals surface area contributed by atoms with E-state index in [2.05, 4.69) is 15.0 Å². The molecule has 2 N–H and O–H groups in total. The molecule has 0 amide bonds. The van der Waals surface area contributed by atoms with Crippen molar-refractivity contribution in [1.29, 1.82) is 0 Å². The SMILES string of the molecule is OCc1nc2ccc(Cl)nc2[nH]1. The molecule has 2 aromatic heterocycles. The van der Waals surface area contributed by atoms with Gasteiger partial charge in [0.15, 0.2) is 5.65 Å². The van der Waals surface area contributed by atoms with Crippen LogP contribution in [0, 0.1) is 0 Å². The quantitative estimate of drug-likeness (QED) is 0.651. The van der Waals surface area contributed by atoms with Crippen molar-refractivity contribution in [1.82, 2.24) is 15.0 Å². The predicted molar refractivity (Wildman–Crippen MR) is 44.8 cm³/mol. The summed E-state index contributed by atoms with van der Waals surface area (Å²) >= 11 is 5.65. The molecule has 0 atom stereocenters. The standard InChI is InChI=1S/C7H6ClN3O/c8-5-2-1-4-7(10-5)11-6(3-12)9-4/h1-2,12H,3H2,(H,9,10,11). The van der Waals surface area contributed by atoms with E-state index in [1.807, 2.05) is 0 Å². The Bertz CT molecular complexity index is 412. The Morgan fingerprint density at radius 1 is 1.42 bits per heavy atom. The van der Waals surface area contributed by atoms with E-state index in [-0.39, 0.29) is 6.61 Å². The van der Waals surface area contributed by atoms with Crippen molar-refractivity contribution in [2.45, 2.75) is 6.61 Å². The van der Waals surface area contributed by atoms with Crippen LogP contribution >= 0.6 is 11.6 Å². The lowest BCUT2D eigenvalue weighted by atomic mass is 10.4. The molecule has 12 heavy (non-hydrogen) atoms. The molecular formula is C7H6ClN3O. The minimum absolute atomic E-state index is 0.117. The highest BCUT2D eigenvalue weighted by molar-refractivity contribution is 6.29. The van der Waals surface area contributed by atoms with Gasteiger partial charge in [-0.25, -0.2) is 9.97 Å². The highest BCUT2D eigenvalue weighted by Crippen LogP contribution is 2.12. The van der Waals surface area contributed by atoms with E-state index in [9.17, 15) is 0 Å². The Balaban J connectivity index is 2.67. The van der Waals surface area contributed by atoms with Crippen molar-refractivity contribution < 1.29 is 5.11 Å². The van der Waals surface area contributed by atoms with Gasteiger partial charge in [-0.05, 0) is 12.1 Å². The molecule has 62 valence electrons. The van der Waals surface area contributed by atoms with Crippen molar-refractivity contribution in [2.24, 2.45) is 0 Å². The topological polar surface area (TPSA) is 61.8 Å². The largest absolute Gasteiger partial charge is 0.388 e. The molecule has 0 unspecified atom stereocenters. The van der Waals surface area contributed by atoms with Crippen LogP contribution in [0.3, 0.4) is 0 Å². The van der Waals surface area contributed by atoms with E-state index in [1.54, 1.807) is 12.1 Å². The number of imidazole rings is 1. The summed E-state index contributed by atoms with van der Waals surface area (Å²) in [6, 6.07) is 3.41. The van der Waals surface area contributed by atoms with Crippen LogP contribution in [0.1, 0.15) is 5.82 Å². The van der Waals surface area contributed by atoms with E-state index < -0.39 is 0 Å². The van der Waals surface area contributed by atoms with Crippen LogP contribution in [-0.2, 0) is 6.61 Å². The number of hydrogen-bond donors (Lipinski definition) is 2. The van der Waals surface area contributed by atoms with Crippen LogP contribution in [-0.4, -0.2) is 20.1 Å². The zero-order valence-corrected chi connectivity index (χ0v) is 6.84. The number of rotatable bonds is 1. The maximum absolute atomic E-state index is 8.75. The third-order valence-corrected chi connectivity index (χ3v) is 1.72. The Morgan fingerprint density at radius 2 is 2.25 bits per heavy atom. The average molecular weight is 184 g/mol. The summed E-state index contributed by atoms with van der Waals surface area (Å²) in [6.07, 6.45) is 0. The number of hydrogen-bond acceptors (Lipinski definition) is 3. The van der Waals surface area contributed by atoms with Crippen LogP contribution in [0.25, 0.3) is 11.2 Å². The van der Waals surface area contributed by atoms with Gasteiger partial charge >= 0.3 is 0 Å². The molecule has 4 nitrogen and oxygen atoms in total.